The molecule has 0 aliphatic carbocycles. The Morgan fingerprint density at radius 1 is 1.07 bits per heavy atom. The number of anilines is 3. The Kier molecular flexibility index (Phi) is 6.53. The van der Waals surface area contributed by atoms with Gasteiger partial charge in [-0.3, -0.25) is 9.59 Å². The molecule has 1 heterocycles. The van der Waals surface area contributed by atoms with Gasteiger partial charge in [0.25, 0.3) is 5.91 Å². The number of piperidine rings is 1. The zero-order valence-corrected chi connectivity index (χ0v) is 16.4. The lowest BCUT2D eigenvalue weighted by Crippen LogP contribution is -2.35. The minimum absolute atomic E-state index is 0.0655. The van der Waals surface area contributed by atoms with Crippen molar-refractivity contribution in [2.45, 2.75) is 26.2 Å². The van der Waals surface area contributed by atoms with Crippen molar-refractivity contribution < 1.29 is 9.59 Å². The summed E-state index contributed by atoms with van der Waals surface area (Å²) in [7, 11) is 0. The third-order valence-corrected chi connectivity index (χ3v) is 5.11. The van der Waals surface area contributed by atoms with Gasteiger partial charge in [-0.25, -0.2) is 0 Å². The molecule has 1 saturated heterocycles. The van der Waals surface area contributed by atoms with E-state index >= 15 is 0 Å². The Hall–Kier alpha value is -3.02. The summed E-state index contributed by atoms with van der Waals surface area (Å²) >= 11 is 0. The van der Waals surface area contributed by atoms with Gasteiger partial charge in [0.2, 0.25) is 5.91 Å². The standard InChI is InChI=1S/C22H28N4O2/c1-2-26(17-9-5-3-6-10-17)21(27)16-24-20-12-11-18(15-19(20)22(23)28)25-13-7-4-8-14-25/h3,5-6,9-12,15,24H,2,4,7-8,13-14,16H2,1H3,(H2,23,28). The Bertz CT molecular complexity index is 817. The van der Waals surface area contributed by atoms with Crippen LogP contribution in [0.1, 0.15) is 36.5 Å². The number of rotatable bonds is 7. The largest absolute Gasteiger partial charge is 0.375 e. The fourth-order valence-electron chi connectivity index (χ4n) is 3.62. The van der Waals surface area contributed by atoms with Crippen molar-refractivity contribution in [1.82, 2.24) is 0 Å². The fraction of sp³-hybridized carbons (Fsp3) is 0.364. The second-order valence-electron chi connectivity index (χ2n) is 6.97. The number of nitrogens with zero attached hydrogens (tertiary/aromatic N) is 2. The van der Waals surface area contributed by atoms with Gasteiger partial charge in [-0.2, -0.15) is 0 Å². The van der Waals surface area contributed by atoms with Gasteiger partial charge in [-0.1, -0.05) is 18.2 Å². The van der Waals surface area contributed by atoms with Crippen LogP contribution in [-0.2, 0) is 4.79 Å². The van der Waals surface area contributed by atoms with Gasteiger partial charge >= 0.3 is 0 Å². The van der Waals surface area contributed by atoms with E-state index in [4.69, 9.17) is 5.73 Å². The molecular weight excluding hydrogens is 352 g/mol. The van der Waals surface area contributed by atoms with Crippen LogP contribution in [-0.4, -0.2) is 38.0 Å². The lowest BCUT2D eigenvalue weighted by Gasteiger charge is -2.29. The average molecular weight is 380 g/mol. The van der Waals surface area contributed by atoms with Crippen LogP contribution < -0.4 is 20.9 Å². The molecule has 2 aromatic carbocycles. The average Bonchev–Trinajstić information content (AvgIpc) is 2.74. The molecule has 2 amide bonds. The lowest BCUT2D eigenvalue weighted by atomic mass is 10.1. The van der Waals surface area contributed by atoms with Gasteiger partial charge in [0.05, 0.1) is 12.1 Å². The van der Waals surface area contributed by atoms with Crippen LogP contribution in [0.15, 0.2) is 48.5 Å². The molecule has 0 unspecified atom stereocenters. The highest BCUT2D eigenvalue weighted by atomic mass is 16.2. The van der Waals surface area contributed by atoms with E-state index in [-0.39, 0.29) is 12.5 Å². The van der Waals surface area contributed by atoms with Gasteiger partial charge in [-0.05, 0) is 56.5 Å². The summed E-state index contributed by atoms with van der Waals surface area (Å²) in [6.45, 7) is 4.58. The van der Waals surface area contributed by atoms with Crippen molar-refractivity contribution in [3.8, 4) is 0 Å². The molecule has 6 nitrogen and oxygen atoms in total. The number of nitrogens with two attached hydrogens (primary N) is 1. The maximum atomic E-state index is 12.7. The molecule has 1 aliphatic rings. The molecule has 0 bridgehead atoms. The zero-order valence-electron chi connectivity index (χ0n) is 16.4. The van der Waals surface area contributed by atoms with Gasteiger partial charge in [0.15, 0.2) is 0 Å². The second-order valence-corrected chi connectivity index (χ2v) is 6.97. The van der Waals surface area contributed by atoms with E-state index in [1.165, 1.54) is 6.42 Å². The number of para-hydroxylation sites is 1. The van der Waals surface area contributed by atoms with Gasteiger partial charge in [0, 0.05) is 36.7 Å². The first-order valence-corrected chi connectivity index (χ1v) is 9.88. The minimum Gasteiger partial charge on any atom is -0.375 e. The van der Waals surface area contributed by atoms with Crippen molar-refractivity contribution in [3.63, 3.8) is 0 Å². The van der Waals surface area contributed by atoms with Crippen molar-refractivity contribution >= 4 is 28.9 Å². The molecule has 0 aromatic heterocycles. The molecular formula is C22H28N4O2. The first kappa shape index (κ1) is 19.7. The van der Waals surface area contributed by atoms with Crippen LogP contribution >= 0.6 is 0 Å². The highest BCUT2D eigenvalue weighted by molar-refractivity contribution is 6.01. The van der Waals surface area contributed by atoms with Gasteiger partial charge < -0.3 is 20.9 Å². The van der Waals surface area contributed by atoms with Crippen LogP contribution in [0.3, 0.4) is 0 Å². The molecule has 148 valence electrons. The zero-order chi connectivity index (χ0) is 19.9. The summed E-state index contributed by atoms with van der Waals surface area (Å²) in [6, 6.07) is 15.2. The predicted molar refractivity (Wildman–Crippen MR) is 114 cm³/mol. The summed E-state index contributed by atoms with van der Waals surface area (Å²) in [5, 5.41) is 3.10. The Balaban J connectivity index is 1.72. The predicted octanol–water partition coefficient (Wildman–Crippen LogP) is 3.24. The molecule has 0 spiro atoms. The van der Waals surface area contributed by atoms with Crippen LogP contribution in [0.4, 0.5) is 17.1 Å². The lowest BCUT2D eigenvalue weighted by molar-refractivity contribution is -0.116. The van der Waals surface area contributed by atoms with Crippen molar-refractivity contribution in [3.05, 3.63) is 54.1 Å². The molecule has 3 N–H and O–H groups in total. The molecule has 0 atom stereocenters. The summed E-state index contributed by atoms with van der Waals surface area (Å²) < 4.78 is 0. The van der Waals surface area contributed by atoms with Gasteiger partial charge in [0.1, 0.15) is 0 Å². The smallest absolute Gasteiger partial charge is 0.250 e. The highest BCUT2D eigenvalue weighted by Gasteiger charge is 2.17. The number of benzene rings is 2. The van der Waals surface area contributed by atoms with E-state index < -0.39 is 5.91 Å². The number of carbonyl (C=O) groups is 2. The van der Waals surface area contributed by atoms with Crippen LogP contribution in [0.2, 0.25) is 0 Å². The van der Waals surface area contributed by atoms with E-state index in [0.717, 1.165) is 37.3 Å². The molecule has 1 fully saturated rings. The van der Waals surface area contributed by atoms with Crippen LogP contribution in [0, 0.1) is 0 Å². The quantitative estimate of drug-likeness (QED) is 0.773. The summed E-state index contributed by atoms with van der Waals surface area (Å²) in [6.07, 6.45) is 3.57. The van der Waals surface area contributed by atoms with E-state index in [2.05, 4.69) is 10.2 Å². The molecule has 3 rings (SSSR count). The number of carbonyl (C=O) groups excluding carboxylic acids is 2. The fourth-order valence-corrected chi connectivity index (χ4v) is 3.62. The van der Waals surface area contributed by atoms with Crippen LogP contribution in [0.25, 0.3) is 0 Å². The van der Waals surface area contributed by atoms with Crippen molar-refractivity contribution in [1.29, 1.82) is 0 Å². The number of nitrogens with one attached hydrogen (secondary N) is 1. The third kappa shape index (κ3) is 4.63. The first-order chi connectivity index (χ1) is 13.6. The highest BCUT2D eigenvalue weighted by Crippen LogP contribution is 2.26. The summed E-state index contributed by atoms with van der Waals surface area (Å²) in [5.41, 5.74) is 8.47. The first-order valence-electron chi connectivity index (χ1n) is 9.88. The maximum absolute atomic E-state index is 12.7. The number of amides is 2. The van der Waals surface area contributed by atoms with E-state index in [1.807, 2.05) is 55.5 Å². The molecule has 0 saturated carbocycles. The van der Waals surface area contributed by atoms with Crippen molar-refractivity contribution in [2.75, 3.05) is 41.3 Å². The van der Waals surface area contributed by atoms with Gasteiger partial charge in [-0.15, -0.1) is 0 Å². The second kappa shape index (κ2) is 9.26. The SMILES string of the molecule is CCN(C(=O)CNc1ccc(N2CCCCC2)cc1C(N)=O)c1ccccc1. The maximum Gasteiger partial charge on any atom is 0.250 e. The number of hydrogen-bond acceptors (Lipinski definition) is 4. The topological polar surface area (TPSA) is 78.7 Å². The molecule has 6 heteroatoms. The Morgan fingerprint density at radius 3 is 2.43 bits per heavy atom. The monoisotopic (exact) mass is 380 g/mol. The molecule has 28 heavy (non-hydrogen) atoms. The Labute approximate surface area is 166 Å². The van der Waals surface area contributed by atoms with E-state index in [9.17, 15) is 9.59 Å². The van der Waals surface area contributed by atoms with Crippen molar-refractivity contribution in [2.24, 2.45) is 5.73 Å². The van der Waals surface area contributed by atoms with E-state index in [0.29, 0.717) is 17.8 Å². The molecule has 2 aromatic rings. The third-order valence-electron chi connectivity index (χ3n) is 5.11. The molecule has 1 aliphatic heterocycles. The number of primary amides is 1. The number of hydrogen-bond donors (Lipinski definition) is 2. The summed E-state index contributed by atoms with van der Waals surface area (Å²) in [4.78, 5) is 28.6. The molecule has 0 radical (unpaired) electrons. The Morgan fingerprint density at radius 2 is 1.79 bits per heavy atom. The normalized spacial score (nSPS) is 13.8. The minimum atomic E-state index is -0.496. The summed E-state index contributed by atoms with van der Waals surface area (Å²) in [5.74, 6) is -0.562. The van der Waals surface area contributed by atoms with E-state index in [1.54, 1.807) is 4.90 Å². The number of likely N-dealkylation sites (N-methyl/N-ethyl adjacent to an activating group) is 1. The van der Waals surface area contributed by atoms with Crippen LogP contribution in [0.5, 0.6) is 0 Å².